The average Bonchev–Trinajstić information content (AvgIpc) is 3.22. The summed E-state index contributed by atoms with van der Waals surface area (Å²) in [5.74, 6) is 0.386. The van der Waals surface area contributed by atoms with Crippen LogP contribution in [0.15, 0.2) is 42.9 Å². The molecule has 2 N–H and O–H groups in total. The van der Waals surface area contributed by atoms with E-state index in [0.717, 1.165) is 49.8 Å². The number of rotatable bonds is 4. The Hall–Kier alpha value is -2.07. The Balaban J connectivity index is 1.39. The highest BCUT2D eigenvalue weighted by atomic mass is 19.1. The number of hydrogen-bond donors (Lipinski definition) is 2. The highest BCUT2D eigenvalue weighted by Crippen LogP contribution is 2.33. The van der Waals surface area contributed by atoms with Crippen LogP contribution in [0.4, 0.5) is 4.39 Å². The number of halogens is 1. The summed E-state index contributed by atoms with van der Waals surface area (Å²) < 4.78 is 13.5. The Morgan fingerprint density at radius 3 is 2.78 bits per heavy atom. The molecule has 1 aliphatic heterocycles. The van der Waals surface area contributed by atoms with Crippen molar-refractivity contribution in [2.24, 2.45) is 0 Å². The molecule has 2 aromatic heterocycles. The summed E-state index contributed by atoms with van der Waals surface area (Å²) in [4.78, 5) is 8.94. The molecule has 0 saturated carbocycles. The fourth-order valence-corrected chi connectivity index (χ4v) is 3.72. The van der Waals surface area contributed by atoms with Gasteiger partial charge in [-0.3, -0.25) is 0 Å². The number of benzene rings is 1. The fraction of sp³-hybridized carbons (Fsp3) is 0.368. The lowest BCUT2D eigenvalue weighted by molar-refractivity contribution is 0.215. The molecule has 0 bridgehead atoms. The number of H-pyrrole nitrogens is 2. The van der Waals surface area contributed by atoms with Gasteiger partial charge in [0.1, 0.15) is 5.82 Å². The zero-order chi connectivity index (χ0) is 15.6. The Bertz CT molecular complexity index is 767. The number of nitrogens with one attached hydrogen (secondary N) is 2. The van der Waals surface area contributed by atoms with Gasteiger partial charge >= 0.3 is 0 Å². The van der Waals surface area contributed by atoms with Gasteiger partial charge in [-0.1, -0.05) is 0 Å². The van der Waals surface area contributed by atoms with Crippen LogP contribution in [0.3, 0.4) is 0 Å². The molecule has 1 saturated heterocycles. The van der Waals surface area contributed by atoms with Crippen molar-refractivity contribution in [3.05, 3.63) is 59.8 Å². The number of fused-ring (bicyclic) bond motifs is 1. The second-order valence-electron chi connectivity index (χ2n) is 6.52. The van der Waals surface area contributed by atoms with Gasteiger partial charge in [-0.15, -0.1) is 0 Å². The first-order valence-electron chi connectivity index (χ1n) is 8.40. The van der Waals surface area contributed by atoms with E-state index in [1.54, 1.807) is 6.07 Å². The smallest absolute Gasteiger partial charge is 0.123 e. The van der Waals surface area contributed by atoms with E-state index in [9.17, 15) is 4.39 Å². The molecule has 0 atom stereocenters. The quantitative estimate of drug-likeness (QED) is 0.749. The maximum absolute atomic E-state index is 13.5. The van der Waals surface area contributed by atoms with Crippen LogP contribution in [0, 0.1) is 5.82 Å². The van der Waals surface area contributed by atoms with Crippen LogP contribution in [0.25, 0.3) is 10.9 Å². The highest BCUT2D eigenvalue weighted by molar-refractivity contribution is 5.83. The van der Waals surface area contributed by atoms with Crippen molar-refractivity contribution in [3.63, 3.8) is 0 Å². The molecule has 3 nitrogen and oxygen atoms in total. The first-order chi connectivity index (χ1) is 11.3. The molecule has 1 aromatic carbocycles. The van der Waals surface area contributed by atoms with Gasteiger partial charge in [-0.05, 0) is 73.7 Å². The van der Waals surface area contributed by atoms with Gasteiger partial charge in [0.2, 0.25) is 0 Å². The minimum atomic E-state index is -0.151. The van der Waals surface area contributed by atoms with Crippen molar-refractivity contribution in [2.75, 3.05) is 19.6 Å². The molecule has 4 heteroatoms. The van der Waals surface area contributed by atoms with E-state index in [1.807, 2.05) is 12.3 Å². The molecule has 0 spiro atoms. The molecule has 0 amide bonds. The summed E-state index contributed by atoms with van der Waals surface area (Å²) in [6.45, 7) is 3.36. The maximum Gasteiger partial charge on any atom is 0.123 e. The van der Waals surface area contributed by atoms with Crippen molar-refractivity contribution >= 4 is 10.9 Å². The predicted octanol–water partition coefficient (Wildman–Crippen LogP) is 4.06. The number of aromatic amines is 2. The van der Waals surface area contributed by atoms with E-state index in [0.29, 0.717) is 5.92 Å². The average molecular weight is 311 g/mol. The number of nitrogens with zero attached hydrogens (tertiary/aromatic N) is 1. The van der Waals surface area contributed by atoms with Crippen LogP contribution in [-0.4, -0.2) is 34.5 Å². The lowest BCUT2D eigenvalue weighted by Crippen LogP contribution is -2.34. The molecule has 4 rings (SSSR count). The van der Waals surface area contributed by atoms with Crippen LogP contribution in [0.5, 0.6) is 0 Å². The van der Waals surface area contributed by atoms with Crippen LogP contribution < -0.4 is 0 Å². The number of likely N-dealkylation sites (tertiary alicyclic amines) is 1. The van der Waals surface area contributed by atoms with Crippen molar-refractivity contribution < 1.29 is 4.39 Å². The standard InChI is InChI=1S/C19H22FN3/c20-16-1-2-19-17(11-16)18(13-22-19)15-5-9-23(10-6-15)8-4-14-3-7-21-12-14/h1-3,7,11-13,15,21-22H,4-6,8-10H2. The first-order valence-corrected chi connectivity index (χ1v) is 8.40. The van der Waals surface area contributed by atoms with Crippen LogP contribution in [0.2, 0.25) is 0 Å². The highest BCUT2D eigenvalue weighted by Gasteiger charge is 2.22. The second kappa shape index (κ2) is 6.20. The van der Waals surface area contributed by atoms with Crippen molar-refractivity contribution in [2.45, 2.75) is 25.2 Å². The maximum atomic E-state index is 13.5. The summed E-state index contributed by atoms with van der Waals surface area (Å²) >= 11 is 0. The summed E-state index contributed by atoms with van der Waals surface area (Å²) in [5.41, 5.74) is 3.69. The lowest BCUT2D eigenvalue weighted by atomic mass is 9.89. The van der Waals surface area contributed by atoms with Gasteiger partial charge in [0.05, 0.1) is 0 Å². The zero-order valence-electron chi connectivity index (χ0n) is 13.2. The van der Waals surface area contributed by atoms with E-state index < -0.39 is 0 Å². The van der Waals surface area contributed by atoms with Gasteiger partial charge in [-0.2, -0.15) is 0 Å². The molecular formula is C19H22FN3. The van der Waals surface area contributed by atoms with Crippen LogP contribution >= 0.6 is 0 Å². The van der Waals surface area contributed by atoms with E-state index >= 15 is 0 Å². The minimum absolute atomic E-state index is 0.151. The summed E-state index contributed by atoms with van der Waals surface area (Å²) in [7, 11) is 0. The SMILES string of the molecule is Fc1ccc2[nH]cc(C3CCN(CCc4cc[nH]c4)CC3)c2c1. The van der Waals surface area contributed by atoms with Gasteiger partial charge in [0.25, 0.3) is 0 Å². The molecule has 23 heavy (non-hydrogen) atoms. The van der Waals surface area contributed by atoms with Crippen molar-refractivity contribution in [1.29, 1.82) is 0 Å². The predicted molar refractivity (Wildman–Crippen MR) is 91.2 cm³/mol. The van der Waals surface area contributed by atoms with Gasteiger partial charge in [0.15, 0.2) is 0 Å². The molecule has 3 aromatic rings. The van der Waals surface area contributed by atoms with Gasteiger partial charge in [-0.25, -0.2) is 4.39 Å². The molecule has 0 unspecified atom stereocenters. The number of aromatic nitrogens is 2. The zero-order valence-corrected chi connectivity index (χ0v) is 13.2. The molecule has 120 valence electrons. The Labute approximate surface area is 135 Å². The Morgan fingerprint density at radius 2 is 2.00 bits per heavy atom. The third-order valence-electron chi connectivity index (χ3n) is 5.08. The third kappa shape index (κ3) is 3.04. The summed E-state index contributed by atoms with van der Waals surface area (Å²) in [6, 6.07) is 7.17. The number of piperidine rings is 1. The minimum Gasteiger partial charge on any atom is -0.367 e. The monoisotopic (exact) mass is 311 g/mol. The normalized spacial score (nSPS) is 17.1. The molecular weight excluding hydrogens is 289 g/mol. The second-order valence-corrected chi connectivity index (χ2v) is 6.52. The largest absolute Gasteiger partial charge is 0.367 e. The molecule has 0 radical (unpaired) electrons. The van der Waals surface area contributed by atoms with Crippen LogP contribution in [-0.2, 0) is 6.42 Å². The summed E-state index contributed by atoms with van der Waals surface area (Å²) in [5, 5.41) is 1.05. The van der Waals surface area contributed by atoms with E-state index in [-0.39, 0.29) is 5.82 Å². The molecule has 1 fully saturated rings. The van der Waals surface area contributed by atoms with Gasteiger partial charge in [0, 0.05) is 36.0 Å². The molecule has 0 aliphatic carbocycles. The molecule has 1 aliphatic rings. The van der Waals surface area contributed by atoms with Crippen LogP contribution in [0.1, 0.15) is 29.9 Å². The Morgan fingerprint density at radius 1 is 1.13 bits per heavy atom. The summed E-state index contributed by atoms with van der Waals surface area (Å²) in [6.07, 6.45) is 9.54. The first kappa shape index (κ1) is 14.5. The Kier molecular flexibility index (Phi) is 3.92. The van der Waals surface area contributed by atoms with E-state index in [4.69, 9.17) is 0 Å². The fourth-order valence-electron chi connectivity index (χ4n) is 3.72. The van der Waals surface area contributed by atoms with E-state index in [1.165, 1.54) is 17.2 Å². The lowest BCUT2D eigenvalue weighted by Gasteiger charge is -2.31. The van der Waals surface area contributed by atoms with Crippen molar-refractivity contribution in [3.8, 4) is 0 Å². The van der Waals surface area contributed by atoms with Gasteiger partial charge < -0.3 is 14.9 Å². The third-order valence-corrected chi connectivity index (χ3v) is 5.08. The van der Waals surface area contributed by atoms with Crippen molar-refractivity contribution in [1.82, 2.24) is 14.9 Å². The number of hydrogen-bond acceptors (Lipinski definition) is 1. The van der Waals surface area contributed by atoms with E-state index in [2.05, 4.69) is 33.3 Å². The molecule has 3 heterocycles. The topological polar surface area (TPSA) is 34.8 Å².